The number of benzene rings is 2. The van der Waals surface area contributed by atoms with Crippen LogP contribution in [0.3, 0.4) is 0 Å². The summed E-state index contributed by atoms with van der Waals surface area (Å²) >= 11 is 6.80. The fraction of sp³-hybridized carbons (Fsp3) is 0.562. The van der Waals surface area contributed by atoms with Gasteiger partial charge in [-0.3, -0.25) is 9.98 Å². The summed E-state index contributed by atoms with van der Waals surface area (Å²) in [5, 5.41) is 0. The molecule has 0 aliphatic heterocycles. The first-order valence-corrected chi connectivity index (χ1v) is 20.6. The van der Waals surface area contributed by atoms with Crippen molar-refractivity contribution >= 4 is 49.7 Å². The molecule has 210 valence electrons. The van der Waals surface area contributed by atoms with Gasteiger partial charge in [-0.15, -0.1) is 0 Å². The van der Waals surface area contributed by atoms with Crippen molar-refractivity contribution < 1.29 is 13.9 Å². The van der Waals surface area contributed by atoms with Gasteiger partial charge in [0.25, 0.3) is 0 Å². The van der Waals surface area contributed by atoms with Crippen LogP contribution in [0, 0.1) is 11.8 Å². The molecular weight excluding hydrogens is 679 g/mol. The van der Waals surface area contributed by atoms with E-state index in [1.165, 1.54) is 22.3 Å². The molecule has 0 atom stereocenters. The zero-order valence-electron chi connectivity index (χ0n) is 24.9. The van der Waals surface area contributed by atoms with E-state index in [4.69, 9.17) is 9.98 Å². The van der Waals surface area contributed by atoms with Crippen molar-refractivity contribution in [2.45, 2.75) is 107 Å². The molecule has 0 radical (unpaired) electrons. The van der Waals surface area contributed by atoms with Gasteiger partial charge in [0.05, 0.1) is 22.8 Å². The average Bonchev–Trinajstić information content (AvgIpc) is 2.80. The van der Waals surface area contributed by atoms with E-state index < -0.39 is 0 Å². The molecule has 0 aromatic heterocycles. The second kappa shape index (κ2) is 16.5. The van der Waals surface area contributed by atoms with Gasteiger partial charge in [0.2, 0.25) is 0 Å². The third kappa shape index (κ3) is 9.83. The van der Waals surface area contributed by atoms with Crippen LogP contribution in [-0.2, 0) is 13.9 Å². The Bertz CT molecular complexity index is 915. The van der Waals surface area contributed by atoms with Crippen LogP contribution in [0.15, 0.2) is 46.4 Å². The summed E-state index contributed by atoms with van der Waals surface area (Å²) in [6.45, 7) is 27.1. The number of nitrogens with zero attached hydrogens (tertiary/aromatic N) is 2. The molecule has 0 aliphatic rings. The molecule has 0 aliphatic carbocycles. The van der Waals surface area contributed by atoms with Gasteiger partial charge in [-0.05, 0) is 57.8 Å². The van der Waals surface area contributed by atoms with E-state index in [0.717, 1.165) is 22.8 Å². The van der Waals surface area contributed by atoms with Crippen molar-refractivity contribution in [2.75, 3.05) is 0 Å². The number of halogens is 2. The maximum atomic E-state index is 5.45. The summed E-state index contributed by atoms with van der Waals surface area (Å²) < 4.78 is 0. The molecule has 2 aromatic carbocycles. The normalized spacial score (nSPS) is 13.0. The number of aliphatic imine (C=N–C) groups is 2. The fourth-order valence-corrected chi connectivity index (χ4v) is 4.49. The molecule has 2 nitrogen and oxygen atoms in total. The van der Waals surface area contributed by atoms with Gasteiger partial charge in [0, 0.05) is 0 Å². The summed E-state index contributed by atoms with van der Waals surface area (Å²) in [6.07, 6.45) is 0. The number of hydrogen-bond donors (Lipinski definition) is 0. The van der Waals surface area contributed by atoms with E-state index in [9.17, 15) is 0 Å². The third-order valence-electron chi connectivity index (χ3n) is 6.51. The molecule has 0 heterocycles. The Hall–Kier alpha value is -0.598. The molecule has 5 heteroatoms. The molecule has 2 rings (SSSR count). The van der Waals surface area contributed by atoms with Crippen LogP contribution in [0.2, 0.25) is 0 Å². The van der Waals surface area contributed by atoms with Gasteiger partial charge in [0.15, 0.2) is 0 Å². The molecule has 0 bridgehead atoms. The first-order chi connectivity index (χ1) is 17.3. The Morgan fingerprint density at radius 3 is 0.892 bits per heavy atom. The van der Waals surface area contributed by atoms with Gasteiger partial charge < -0.3 is 0 Å². The number of para-hydroxylation sites is 2. The van der Waals surface area contributed by atoms with Crippen LogP contribution >= 0.6 is 26.9 Å². The molecule has 0 fully saturated rings. The van der Waals surface area contributed by atoms with Crippen molar-refractivity contribution in [3.05, 3.63) is 58.7 Å². The van der Waals surface area contributed by atoms with Crippen molar-refractivity contribution in [1.29, 1.82) is 0 Å². The van der Waals surface area contributed by atoms with Gasteiger partial charge >= 0.3 is 40.8 Å². The van der Waals surface area contributed by atoms with Crippen LogP contribution in [-0.4, -0.2) is 11.4 Å². The first-order valence-electron chi connectivity index (χ1n) is 13.5. The molecule has 0 unspecified atom stereocenters. The van der Waals surface area contributed by atoms with Gasteiger partial charge in [-0.1, -0.05) is 119 Å². The number of rotatable bonds is 9. The molecule has 0 amide bonds. The van der Waals surface area contributed by atoms with Gasteiger partial charge in [-0.2, -0.15) is 0 Å². The minimum atomic E-state index is 0.273. The van der Waals surface area contributed by atoms with Crippen molar-refractivity contribution in [3.8, 4) is 0 Å². The van der Waals surface area contributed by atoms with Crippen LogP contribution in [0.25, 0.3) is 0 Å². The molecular formula is C32H48Br2N2Pd. The topological polar surface area (TPSA) is 24.7 Å². The second-order valence-corrected chi connectivity index (χ2v) is 18.7. The van der Waals surface area contributed by atoms with E-state index in [1.807, 2.05) is 0 Å². The van der Waals surface area contributed by atoms with Gasteiger partial charge in [-0.25, -0.2) is 0 Å². The summed E-state index contributed by atoms with van der Waals surface area (Å²) in [6, 6.07) is 13.3. The second-order valence-electron chi connectivity index (χ2n) is 11.5. The quantitative estimate of drug-likeness (QED) is 0.182. The van der Waals surface area contributed by atoms with Crippen molar-refractivity contribution in [2.24, 2.45) is 21.8 Å². The molecule has 0 saturated carbocycles. The Labute approximate surface area is 249 Å². The molecule has 2 aromatic rings. The Morgan fingerprint density at radius 2 is 0.730 bits per heavy atom. The van der Waals surface area contributed by atoms with E-state index in [0.29, 0.717) is 37.6 Å². The van der Waals surface area contributed by atoms with Crippen molar-refractivity contribution in [1.82, 2.24) is 0 Å². The van der Waals surface area contributed by atoms with Crippen LogP contribution in [0.1, 0.15) is 129 Å². The molecule has 0 saturated heterocycles. The molecule has 37 heavy (non-hydrogen) atoms. The number of hydrogen-bond acceptors (Lipinski definition) is 2. The predicted molar refractivity (Wildman–Crippen MR) is 171 cm³/mol. The summed E-state index contributed by atoms with van der Waals surface area (Å²) in [5.74, 6) is 2.21. The van der Waals surface area contributed by atoms with Crippen LogP contribution in [0.4, 0.5) is 11.4 Å². The van der Waals surface area contributed by atoms with E-state index in [1.54, 1.807) is 0 Å². The first kappa shape index (κ1) is 34.4. The third-order valence-corrected chi connectivity index (χ3v) is 6.51. The fourth-order valence-electron chi connectivity index (χ4n) is 4.49. The summed E-state index contributed by atoms with van der Waals surface area (Å²) in [4.78, 5) is 10.9. The van der Waals surface area contributed by atoms with Crippen molar-refractivity contribution in [3.63, 3.8) is 0 Å². The predicted octanol–water partition coefficient (Wildman–Crippen LogP) is 12.0. The Kier molecular flexibility index (Phi) is 15.3. The monoisotopic (exact) mass is 724 g/mol. The minimum absolute atomic E-state index is 0.273. The zero-order chi connectivity index (χ0) is 28.4. The SMILES string of the molecule is CC(C)C(=Nc1c(C(C)C)cccc1C(C)C)C(=Nc1c(C(C)C)cccc1C(C)C)C(C)C.[Br][Pd][Br]. The standard InChI is InChI=1S/C32H48N2.2BrH.Pd/c1-19(2)25-15-13-16-26(20(3)4)31(25)33-29(23(9)10)30(24(11)12)34-32-27(21(5)6)17-14-18-28(32)22(7)8;;;/h13-24H,1-12H3;2*1H;/q;;;+2/p-2. The van der Waals surface area contributed by atoms with E-state index >= 15 is 0 Å². The van der Waals surface area contributed by atoms with Crippen LogP contribution < -0.4 is 0 Å². The summed E-state index contributed by atoms with van der Waals surface area (Å²) in [5.41, 5.74) is 9.78. The van der Waals surface area contributed by atoms with E-state index in [-0.39, 0.29) is 11.8 Å². The van der Waals surface area contributed by atoms with Gasteiger partial charge in [0.1, 0.15) is 0 Å². The molecule has 0 spiro atoms. The van der Waals surface area contributed by atoms with E-state index in [2.05, 4.69) is 146 Å². The molecule has 0 N–H and O–H groups in total. The Morgan fingerprint density at radius 1 is 0.514 bits per heavy atom. The maximum absolute atomic E-state index is 5.45. The van der Waals surface area contributed by atoms with Crippen LogP contribution in [0.5, 0.6) is 0 Å². The summed E-state index contributed by atoms with van der Waals surface area (Å²) in [7, 11) is 0. The Balaban J connectivity index is 0.00000217. The zero-order valence-corrected chi connectivity index (χ0v) is 29.6. The average molecular weight is 727 g/mol.